The van der Waals surface area contributed by atoms with E-state index in [-0.39, 0.29) is 28.1 Å². The van der Waals surface area contributed by atoms with Crippen LogP contribution < -0.4 is 14.8 Å². The molecule has 2 N–H and O–H groups in total. The molecule has 1 heterocycles. The molecule has 1 amide bonds. The van der Waals surface area contributed by atoms with Crippen LogP contribution in [0.1, 0.15) is 24.0 Å². The maximum Gasteiger partial charge on any atom is 0.262 e. The lowest BCUT2D eigenvalue weighted by atomic mass is 9.99. The van der Waals surface area contributed by atoms with Crippen molar-refractivity contribution in [3.63, 3.8) is 0 Å². The zero-order valence-corrected chi connectivity index (χ0v) is 25.0. The topological polar surface area (TPSA) is 122 Å². The number of nitrogens with one attached hydrogen (secondary N) is 2. The van der Waals surface area contributed by atoms with E-state index in [0.717, 1.165) is 5.56 Å². The number of hydrogen-bond donors (Lipinski definition) is 2. The van der Waals surface area contributed by atoms with E-state index in [0.29, 0.717) is 47.1 Å². The Kier molecular flexibility index (Phi) is 9.31. The van der Waals surface area contributed by atoms with Gasteiger partial charge in [0.1, 0.15) is 5.75 Å². The van der Waals surface area contributed by atoms with E-state index < -0.39 is 26.0 Å². The lowest BCUT2D eigenvalue weighted by molar-refractivity contribution is -0.120. The van der Waals surface area contributed by atoms with Crippen LogP contribution in [0, 0.1) is 12.8 Å². The highest BCUT2D eigenvalue weighted by Crippen LogP contribution is 2.29. The summed E-state index contributed by atoms with van der Waals surface area (Å²) in [5.74, 6) is -0.765. The molecule has 0 spiro atoms. The van der Waals surface area contributed by atoms with Crippen LogP contribution in [0.25, 0.3) is 0 Å². The van der Waals surface area contributed by atoms with Gasteiger partial charge in [-0.1, -0.05) is 35.3 Å². The molecule has 0 saturated carbocycles. The van der Waals surface area contributed by atoms with Gasteiger partial charge in [-0.25, -0.2) is 21.1 Å². The average Bonchev–Trinajstić information content (AvgIpc) is 2.91. The third-order valence-electron chi connectivity index (χ3n) is 6.51. The Bertz CT molecular complexity index is 1610. The predicted octanol–water partition coefficient (Wildman–Crippen LogP) is 5.29. The normalized spacial score (nSPS) is 16.4. The van der Waals surface area contributed by atoms with Gasteiger partial charge in [0, 0.05) is 18.8 Å². The van der Waals surface area contributed by atoms with E-state index in [2.05, 4.69) is 10.0 Å². The van der Waals surface area contributed by atoms with Gasteiger partial charge in [-0.15, -0.1) is 0 Å². The van der Waals surface area contributed by atoms with Crippen molar-refractivity contribution in [2.24, 2.45) is 5.92 Å². The molecule has 13 heteroatoms. The molecule has 1 saturated heterocycles. The summed E-state index contributed by atoms with van der Waals surface area (Å²) in [5, 5.41) is 3.39. The fourth-order valence-corrected chi connectivity index (χ4v) is 7.39. The predicted molar refractivity (Wildman–Crippen MR) is 157 cm³/mol. The van der Waals surface area contributed by atoms with E-state index in [4.69, 9.17) is 27.9 Å². The maximum atomic E-state index is 13.0. The Hall–Kier alpha value is -2.83. The zero-order valence-electron chi connectivity index (χ0n) is 21.9. The first-order valence-corrected chi connectivity index (χ1v) is 16.2. The Morgan fingerprint density at radius 3 is 2.40 bits per heavy atom. The molecule has 214 valence electrons. The summed E-state index contributed by atoms with van der Waals surface area (Å²) in [7, 11) is -6.15. The molecule has 1 aliphatic rings. The molecule has 0 aromatic heterocycles. The number of hydrogen-bond acceptors (Lipinski definition) is 6. The van der Waals surface area contributed by atoms with Crippen LogP contribution in [-0.2, 0) is 30.6 Å². The Balaban J connectivity index is 1.40. The van der Waals surface area contributed by atoms with E-state index in [1.54, 1.807) is 24.3 Å². The number of aryl methyl sites for hydroxylation is 1. The minimum Gasteiger partial charge on any atom is -0.495 e. The first-order valence-electron chi connectivity index (χ1n) is 12.4. The molecule has 9 nitrogen and oxygen atoms in total. The van der Waals surface area contributed by atoms with Crippen molar-refractivity contribution in [1.82, 2.24) is 4.31 Å². The summed E-state index contributed by atoms with van der Waals surface area (Å²) < 4.78 is 61.0. The number of piperidine rings is 1. The molecule has 1 atom stereocenters. The second-order valence-electron chi connectivity index (χ2n) is 9.52. The Morgan fingerprint density at radius 2 is 1.73 bits per heavy atom. The molecule has 1 fully saturated rings. The third kappa shape index (κ3) is 7.27. The molecular weight excluding hydrogens is 597 g/mol. The first-order chi connectivity index (χ1) is 18.9. The van der Waals surface area contributed by atoms with Gasteiger partial charge in [0.25, 0.3) is 10.0 Å². The molecule has 4 rings (SSSR count). The molecule has 0 bridgehead atoms. The highest BCUT2D eigenvalue weighted by Gasteiger charge is 2.32. The van der Waals surface area contributed by atoms with Crippen LogP contribution in [0.15, 0.2) is 65.6 Å². The first kappa shape index (κ1) is 30.1. The number of carbonyl (C=O) groups is 1. The lowest BCUT2D eigenvalue weighted by Gasteiger charge is -2.31. The van der Waals surface area contributed by atoms with E-state index in [9.17, 15) is 21.6 Å². The number of benzene rings is 3. The number of nitrogens with zero attached hydrogens (tertiary/aromatic N) is 1. The van der Waals surface area contributed by atoms with Crippen molar-refractivity contribution >= 4 is 60.5 Å². The number of halogens is 2. The van der Waals surface area contributed by atoms with E-state index in [1.807, 2.05) is 13.0 Å². The van der Waals surface area contributed by atoms with Gasteiger partial charge in [-0.3, -0.25) is 9.52 Å². The van der Waals surface area contributed by atoms with Crippen molar-refractivity contribution in [3.8, 4) is 5.75 Å². The van der Waals surface area contributed by atoms with E-state index in [1.165, 1.54) is 41.7 Å². The van der Waals surface area contributed by atoms with Crippen molar-refractivity contribution < 1.29 is 26.4 Å². The number of anilines is 2. The number of methoxy groups -OCH3 is 1. The number of sulfonamides is 2. The number of ether oxygens (including phenoxy) is 1. The molecular formula is C27H29Cl2N3O6S2. The van der Waals surface area contributed by atoms with Gasteiger partial charge in [-0.2, -0.15) is 0 Å². The monoisotopic (exact) mass is 625 g/mol. The lowest BCUT2D eigenvalue weighted by Crippen LogP contribution is -2.44. The van der Waals surface area contributed by atoms with Crippen molar-refractivity contribution in [2.75, 3.05) is 30.2 Å². The minimum absolute atomic E-state index is 0.00583. The van der Waals surface area contributed by atoms with Crippen molar-refractivity contribution in [3.05, 3.63) is 81.8 Å². The Morgan fingerprint density at radius 1 is 1.00 bits per heavy atom. The number of carbonyl (C=O) groups excluding carboxylic acids is 1. The highest BCUT2D eigenvalue weighted by molar-refractivity contribution is 7.92. The maximum absolute atomic E-state index is 13.0. The molecule has 1 unspecified atom stereocenters. The molecule has 3 aromatic carbocycles. The van der Waals surface area contributed by atoms with Gasteiger partial charge in [-0.05, 0) is 79.4 Å². The third-order valence-corrected chi connectivity index (χ3v) is 10.4. The van der Waals surface area contributed by atoms with Crippen LogP contribution in [-0.4, -0.2) is 47.2 Å². The second kappa shape index (κ2) is 12.4. The highest BCUT2D eigenvalue weighted by atomic mass is 35.5. The zero-order chi connectivity index (χ0) is 29.1. The molecule has 3 aromatic rings. The number of amides is 1. The fourth-order valence-electron chi connectivity index (χ4n) is 4.41. The van der Waals surface area contributed by atoms with Crippen LogP contribution in [0.4, 0.5) is 11.4 Å². The van der Waals surface area contributed by atoms with Crippen molar-refractivity contribution in [1.29, 1.82) is 0 Å². The minimum atomic E-state index is -3.91. The molecule has 1 aliphatic heterocycles. The summed E-state index contributed by atoms with van der Waals surface area (Å²) in [4.78, 5) is 13.0. The smallest absolute Gasteiger partial charge is 0.262 e. The summed E-state index contributed by atoms with van der Waals surface area (Å²) in [5.41, 5.74) is 2.08. The summed E-state index contributed by atoms with van der Waals surface area (Å²) in [6.07, 6.45) is 1.06. The van der Waals surface area contributed by atoms with Gasteiger partial charge >= 0.3 is 0 Å². The summed E-state index contributed by atoms with van der Waals surface area (Å²) >= 11 is 12.0. The van der Waals surface area contributed by atoms with Crippen LogP contribution in [0.2, 0.25) is 10.0 Å². The SMILES string of the molecule is COc1ccc(C)cc1NS(=O)(=O)c1ccc(NC(=O)C2CCCN(S(=O)(=O)Cc3ccc(Cl)c(Cl)c3)C2)cc1. The van der Waals surface area contributed by atoms with E-state index >= 15 is 0 Å². The standard InChI is InChI=1S/C27H29Cl2N3O6S2/c1-18-5-12-26(38-2)25(14-18)31-40(36,37)22-9-7-21(8-10-22)30-27(33)20-4-3-13-32(16-20)39(34,35)17-19-6-11-23(28)24(29)15-19/h5-12,14-15,20,31H,3-4,13,16-17H2,1-2H3,(H,30,33). The molecule has 0 aliphatic carbocycles. The van der Waals surface area contributed by atoms with Crippen LogP contribution in [0.5, 0.6) is 5.75 Å². The van der Waals surface area contributed by atoms with Crippen LogP contribution >= 0.6 is 23.2 Å². The summed E-state index contributed by atoms with van der Waals surface area (Å²) in [6, 6.07) is 15.6. The average molecular weight is 627 g/mol. The summed E-state index contributed by atoms with van der Waals surface area (Å²) in [6.45, 7) is 2.20. The van der Waals surface area contributed by atoms with Crippen molar-refractivity contribution in [2.45, 2.75) is 30.4 Å². The molecule has 40 heavy (non-hydrogen) atoms. The van der Waals surface area contributed by atoms with Crippen LogP contribution in [0.3, 0.4) is 0 Å². The Labute approximate surface area is 244 Å². The molecule has 0 radical (unpaired) electrons. The largest absolute Gasteiger partial charge is 0.495 e. The fraction of sp³-hybridized carbons (Fsp3) is 0.296. The second-order valence-corrected chi connectivity index (χ2v) is 14.0. The number of rotatable bonds is 9. The van der Waals surface area contributed by atoms with Gasteiger partial charge < -0.3 is 10.1 Å². The quantitative estimate of drug-likeness (QED) is 0.333. The van der Waals surface area contributed by atoms with Gasteiger partial charge in [0.05, 0.1) is 39.4 Å². The van der Waals surface area contributed by atoms with Gasteiger partial charge in [0.2, 0.25) is 15.9 Å². The van der Waals surface area contributed by atoms with Gasteiger partial charge in [0.15, 0.2) is 0 Å².